The fourth-order valence-electron chi connectivity index (χ4n) is 1.21. The van der Waals surface area contributed by atoms with E-state index in [2.05, 4.69) is 15.9 Å². The van der Waals surface area contributed by atoms with Crippen LogP contribution in [0.2, 0.25) is 5.02 Å². The highest BCUT2D eigenvalue weighted by Crippen LogP contribution is 2.31. The van der Waals surface area contributed by atoms with E-state index in [4.69, 9.17) is 11.6 Å². The molecule has 1 atom stereocenters. The van der Waals surface area contributed by atoms with Crippen molar-refractivity contribution in [3.05, 3.63) is 34.9 Å². The van der Waals surface area contributed by atoms with Crippen LogP contribution < -0.4 is 0 Å². The molecule has 14 heavy (non-hydrogen) atoms. The maximum absolute atomic E-state index is 10.7. The van der Waals surface area contributed by atoms with Crippen LogP contribution >= 0.6 is 27.5 Å². The van der Waals surface area contributed by atoms with Gasteiger partial charge < -0.3 is 4.79 Å². The van der Waals surface area contributed by atoms with E-state index in [1.807, 2.05) is 38.1 Å². The molecule has 76 valence electrons. The second-order valence-electron chi connectivity index (χ2n) is 3.77. The SMILES string of the molecule is CC(C)(c1ccc(Cl)cc1)C(Br)C=O. The zero-order chi connectivity index (χ0) is 10.8. The molecule has 0 aliphatic heterocycles. The normalized spacial score (nSPS) is 13.7. The lowest BCUT2D eigenvalue weighted by atomic mass is 9.82. The van der Waals surface area contributed by atoms with Gasteiger partial charge in [-0.25, -0.2) is 0 Å². The summed E-state index contributed by atoms with van der Waals surface area (Å²) >= 11 is 9.15. The summed E-state index contributed by atoms with van der Waals surface area (Å²) in [5.74, 6) is 0. The summed E-state index contributed by atoms with van der Waals surface area (Å²) in [6, 6.07) is 7.56. The third-order valence-electron chi connectivity index (χ3n) is 2.40. The maximum atomic E-state index is 10.7. The molecule has 0 bridgehead atoms. The Kier molecular flexibility index (Phi) is 3.73. The first-order valence-corrected chi connectivity index (χ1v) is 5.63. The Balaban J connectivity index is 3.03. The lowest BCUT2D eigenvalue weighted by Gasteiger charge is -2.27. The van der Waals surface area contributed by atoms with Crippen molar-refractivity contribution in [2.75, 3.05) is 0 Å². The fourth-order valence-corrected chi connectivity index (χ4v) is 1.60. The van der Waals surface area contributed by atoms with E-state index in [0.717, 1.165) is 11.8 Å². The number of alkyl halides is 1. The van der Waals surface area contributed by atoms with E-state index in [1.165, 1.54) is 0 Å². The van der Waals surface area contributed by atoms with Gasteiger partial charge in [-0.3, -0.25) is 0 Å². The van der Waals surface area contributed by atoms with Crippen molar-refractivity contribution in [1.82, 2.24) is 0 Å². The summed E-state index contributed by atoms with van der Waals surface area (Å²) in [4.78, 5) is 10.5. The van der Waals surface area contributed by atoms with Crippen molar-refractivity contribution in [1.29, 1.82) is 0 Å². The Labute approximate surface area is 97.6 Å². The molecule has 1 aromatic rings. The molecule has 0 aromatic heterocycles. The molecule has 0 radical (unpaired) electrons. The summed E-state index contributed by atoms with van der Waals surface area (Å²) in [6.07, 6.45) is 0.911. The van der Waals surface area contributed by atoms with Gasteiger partial charge in [-0.15, -0.1) is 0 Å². The van der Waals surface area contributed by atoms with Crippen LogP contribution in [0, 0.1) is 0 Å². The zero-order valence-electron chi connectivity index (χ0n) is 8.13. The first-order valence-electron chi connectivity index (χ1n) is 4.34. The van der Waals surface area contributed by atoms with Gasteiger partial charge in [0.05, 0.1) is 4.83 Å². The van der Waals surface area contributed by atoms with E-state index < -0.39 is 0 Å². The molecule has 0 fully saturated rings. The summed E-state index contributed by atoms with van der Waals surface area (Å²) in [5, 5.41) is 0.710. The number of halogens is 2. The first-order chi connectivity index (χ1) is 6.48. The van der Waals surface area contributed by atoms with Crippen molar-refractivity contribution >= 4 is 33.8 Å². The van der Waals surface area contributed by atoms with E-state index >= 15 is 0 Å². The van der Waals surface area contributed by atoms with Gasteiger partial charge >= 0.3 is 0 Å². The molecule has 0 saturated heterocycles. The Morgan fingerprint density at radius 2 is 1.86 bits per heavy atom. The second-order valence-corrected chi connectivity index (χ2v) is 5.19. The smallest absolute Gasteiger partial charge is 0.134 e. The lowest BCUT2D eigenvalue weighted by Crippen LogP contribution is -2.30. The summed E-state index contributed by atoms with van der Waals surface area (Å²) in [6.45, 7) is 4.04. The predicted octanol–water partition coefficient (Wildman–Crippen LogP) is 3.58. The number of benzene rings is 1. The van der Waals surface area contributed by atoms with E-state index in [1.54, 1.807) is 0 Å². The monoisotopic (exact) mass is 274 g/mol. The molecule has 0 saturated carbocycles. The van der Waals surface area contributed by atoms with Gasteiger partial charge in [0.15, 0.2) is 0 Å². The average molecular weight is 276 g/mol. The molecular weight excluding hydrogens is 263 g/mol. The van der Waals surface area contributed by atoms with E-state index in [0.29, 0.717) is 5.02 Å². The van der Waals surface area contributed by atoms with Gasteiger partial charge in [0, 0.05) is 10.4 Å². The molecule has 3 heteroatoms. The zero-order valence-corrected chi connectivity index (χ0v) is 10.5. The summed E-state index contributed by atoms with van der Waals surface area (Å²) < 4.78 is 0. The summed E-state index contributed by atoms with van der Waals surface area (Å²) in [7, 11) is 0. The van der Waals surface area contributed by atoms with Crippen molar-refractivity contribution in [2.24, 2.45) is 0 Å². The molecule has 1 rings (SSSR count). The molecule has 0 aliphatic rings. The van der Waals surface area contributed by atoms with Crippen LogP contribution in [-0.2, 0) is 10.2 Å². The van der Waals surface area contributed by atoms with Crippen LogP contribution in [0.3, 0.4) is 0 Å². The Bertz CT molecular complexity index is 319. The molecule has 1 unspecified atom stereocenters. The van der Waals surface area contributed by atoms with Gasteiger partial charge in [-0.05, 0) is 17.7 Å². The predicted molar refractivity (Wildman–Crippen MR) is 63.3 cm³/mol. The van der Waals surface area contributed by atoms with Crippen molar-refractivity contribution < 1.29 is 4.79 Å². The quantitative estimate of drug-likeness (QED) is 0.609. The Morgan fingerprint density at radius 1 is 1.36 bits per heavy atom. The molecule has 0 aliphatic carbocycles. The number of hydrogen-bond donors (Lipinski definition) is 0. The minimum Gasteiger partial charge on any atom is -0.302 e. The first kappa shape index (κ1) is 11.7. The Morgan fingerprint density at radius 3 is 2.29 bits per heavy atom. The minimum atomic E-state index is -0.216. The van der Waals surface area contributed by atoms with Crippen LogP contribution in [0.15, 0.2) is 24.3 Å². The molecule has 1 aromatic carbocycles. The highest BCUT2D eigenvalue weighted by atomic mass is 79.9. The average Bonchev–Trinajstić information content (AvgIpc) is 2.17. The van der Waals surface area contributed by atoms with Gasteiger partial charge in [0.25, 0.3) is 0 Å². The topological polar surface area (TPSA) is 17.1 Å². The third-order valence-corrected chi connectivity index (χ3v) is 4.01. The van der Waals surface area contributed by atoms with Crippen molar-refractivity contribution in [3.8, 4) is 0 Å². The number of aldehydes is 1. The number of carbonyl (C=O) groups is 1. The number of carbonyl (C=O) groups excluding carboxylic acids is 1. The molecule has 0 heterocycles. The second kappa shape index (κ2) is 4.45. The Hall–Kier alpha value is -0.340. The molecule has 0 amide bonds. The standard InChI is InChI=1S/C11H12BrClO/c1-11(2,10(12)7-14)8-3-5-9(13)6-4-8/h3-7,10H,1-2H3. The number of rotatable bonds is 3. The van der Waals surface area contributed by atoms with Gasteiger partial charge in [0.1, 0.15) is 6.29 Å². The van der Waals surface area contributed by atoms with Crippen LogP contribution in [0.25, 0.3) is 0 Å². The van der Waals surface area contributed by atoms with Crippen molar-refractivity contribution in [2.45, 2.75) is 24.1 Å². The largest absolute Gasteiger partial charge is 0.302 e. The van der Waals surface area contributed by atoms with Crippen LogP contribution in [0.4, 0.5) is 0 Å². The van der Waals surface area contributed by atoms with Gasteiger partial charge in [-0.1, -0.05) is 53.5 Å². The van der Waals surface area contributed by atoms with Gasteiger partial charge in [0.2, 0.25) is 0 Å². The maximum Gasteiger partial charge on any atom is 0.134 e. The fraction of sp³-hybridized carbons (Fsp3) is 0.364. The lowest BCUT2D eigenvalue weighted by molar-refractivity contribution is -0.108. The molecule has 1 nitrogen and oxygen atoms in total. The van der Waals surface area contributed by atoms with E-state index in [9.17, 15) is 4.79 Å². The van der Waals surface area contributed by atoms with Crippen LogP contribution in [0.5, 0.6) is 0 Å². The highest BCUT2D eigenvalue weighted by molar-refractivity contribution is 9.10. The third kappa shape index (κ3) is 2.37. The van der Waals surface area contributed by atoms with Gasteiger partial charge in [-0.2, -0.15) is 0 Å². The minimum absolute atomic E-state index is 0.184. The molecule has 0 spiro atoms. The van der Waals surface area contributed by atoms with Crippen LogP contribution in [-0.4, -0.2) is 11.1 Å². The molecule has 0 N–H and O–H groups in total. The van der Waals surface area contributed by atoms with E-state index in [-0.39, 0.29) is 10.2 Å². The van der Waals surface area contributed by atoms with Crippen LogP contribution in [0.1, 0.15) is 19.4 Å². The summed E-state index contributed by atoms with van der Waals surface area (Å²) in [5.41, 5.74) is 0.877. The van der Waals surface area contributed by atoms with Crippen molar-refractivity contribution in [3.63, 3.8) is 0 Å². The molecular formula is C11H12BrClO. The number of hydrogen-bond acceptors (Lipinski definition) is 1. The highest BCUT2D eigenvalue weighted by Gasteiger charge is 2.28.